The van der Waals surface area contributed by atoms with Crippen molar-refractivity contribution in [3.05, 3.63) is 22.9 Å². The summed E-state index contributed by atoms with van der Waals surface area (Å²) in [6, 6.07) is 2.80. The molecule has 3 nitrogen and oxygen atoms in total. The largest absolute Gasteiger partial charge is 0.354 e. The van der Waals surface area contributed by atoms with Gasteiger partial charge in [-0.25, -0.2) is 4.98 Å². The first-order valence-corrected chi connectivity index (χ1v) is 7.52. The molecule has 0 amide bonds. The van der Waals surface area contributed by atoms with Crippen molar-refractivity contribution in [2.24, 2.45) is 0 Å². The van der Waals surface area contributed by atoms with Crippen molar-refractivity contribution < 1.29 is 0 Å². The van der Waals surface area contributed by atoms with Crippen LogP contribution in [0.3, 0.4) is 0 Å². The van der Waals surface area contributed by atoms with Crippen LogP contribution in [0.15, 0.2) is 6.07 Å². The van der Waals surface area contributed by atoms with E-state index in [1.54, 1.807) is 0 Å². The van der Waals surface area contributed by atoms with Crippen LogP contribution in [-0.2, 0) is 6.54 Å². The van der Waals surface area contributed by atoms with Crippen LogP contribution < -0.4 is 10.2 Å². The van der Waals surface area contributed by atoms with Crippen LogP contribution in [0.25, 0.3) is 0 Å². The predicted octanol–water partition coefficient (Wildman–Crippen LogP) is 3.19. The van der Waals surface area contributed by atoms with Crippen molar-refractivity contribution in [3.8, 4) is 0 Å². The van der Waals surface area contributed by atoms with Gasteiger partial charge in [0.1, 0.15) is 5.82 Å². The van der Waals surface area contributed by atoms with Gasteiger partial charge in [0.15, 0.2) is 0 Å². The van der Waals surface area contributed by atoms with Crippen LogP contribution in [-0.4, -0.2) is 24.6 Å². The smallest absolute Gasteiger partial charge is 0.133 e. The van der Waals surface area contributed by atoms with E-state index in [1.807, 2.05) is 7.05 Å². The van der Waals surface area contributed by atoms with E-state index in [4.69, 9.17) is 4.98 Å². The van der Waals surface area contributed by atoms with Crippen LogP contribution >= 0.6 is 0 Å². The summed E-state index contributed by atoms with van der Waals surface area (Å²) in [6.07, 6.45) is 5.28. The summed E-state index contributed by atoms with van der Waals surface area (Å²) >= 11 is 0. The van der Waals surface area contributed by atoms with Crippen molar-refractivity contribution in [2.45, 2.75) is 59.0 Å². The lowest BCUT2D eigenvalue weighted by molar-refractivity contribution is 0.606. The summed E-state index contributed by atoms with van der Waals surface area (Å²) in [4.78, 5) is 7.38. The third-order valence-corrected chi connectivity index (χ3v) is 4.13. The van der Waals surface area contributed by atoms with E-state index in [9.17, 15) is 0 Å². The molecule has 1 atom stereocenters. The van der Waals surface area contributed by atoms with Crippen LogP contribution in [0.1, 0.15) is 49.4 Å². The van der Waals surface area contributed by atoms with Crippen molar-refractivity contribution >= 4 is 5.82 Å². The minimum Gasteiger partial charge on any atom is -0.354 e. The molecule has 0 bridgehead atoms. The molecule has 2 rings (SSSR count). The monoisotopic (exact) mass is 261 g/mol. The average Bonchev–Trinajstić information content (AvgIpc) is 2.57. The Kier molecular flexibility index (Phi) is 4.81. The van der Waals surface area contributed by atoms with Gasteiger partial charge < -0.3 is 10.2 Å². The molecule has 0 radical (unpaired) electrons. The molecule has 1 aliphatic heterocycles. The van der Waals surface area contributed by atoms with E-state index in [0.717, 1.165) is 18.8 Å². The van der Waals surface area contributed by atoms with Gasteiger partial charge in [-0.05, 0) is 52.3 Å². The van der Waals surface area contributed by atoms with Crippen LogP contribution in [0.2, 0.25) is 0 Å². The maximum absolute atomic E-state index is 4.85. The molecule has 0 saturated carbocycles. The quantitative estimate of drug-likeness (QED) is 0.905. The molecule has 0 spiro atoms. The highest BCUT2D eigenvalue weighted by Crippen LogP contribution is 2.28. The first-order valence-electron chi connectivity index (χ1n) is 7.52. The molecule has 106 valence electrons. The molecule has 0 aliphatic carbocycles. The Morgan fingerprint density at radius 3 is 2.84 bits per heavy atom. The van der Waals surface area contributed by atoms with Crippen molar-refractivity contribution in [1.29, 1.82) is 0 Å². The van der Waals surface area contributed by atoms with E-state index in [0.29, 0.717) is 6.04 Å². The Labute approximate surface area is 117 Å². The lowest BCUT2D eigenvalue weighted by atomic mass is 10.1. The molecule has 0 aromatic carbocycles. The maximum atomic E-state index is 4.85. The second-order valence-electron chi connectivity index (χ2n) is 5.80. The Bertz CT molecular complexity index is 428. The molecule has 1 saturated heterocycles. The topological polar surface area (TPSA) is 28.2 Å². The zero-order chi connectivity index (χ0) is 13.8. The first kappa shape index (κ1) is 14.3. The molecule has 1 aromatic rings. The van der Waals surface area contributed by atoms with Gasteiger partial charge in [-0.15, -0.1) is 0 Å². The third-order valence-electron chi connectivity index (χ3n) is 4.13. The van der Waals surface area contributed by atoms with Crippen LogP contribution in [0.4, 0.5) is 5.82 Å². The number of aryl methyl sites for hydroxylation is 2. The lowest BCUT2D eigenvalue weighted by Crippen LogP contribution is -2.34. The molecule has 2 heterocycles. The highest BCUT2D eigenvalue weighted by Gasteiger charge is 2.21. The Hall–Kier alpha value is -1.09. The molecule has 1 fully saturated rings. The number of hydrogen-bond donors (Lipinski definition) is 1. The highest BCUT2D eigenvalue weighted by molar-refractivity contribution is 5.52. The van der Waals surface area contributed by atoms with Crippen molar-refractivity contribution in [1.82, 2.24) is 10.3 Å². The number of anilines is 1. The number of nitrogens with zero attached hydrogens (tertiary/aromatic N) is 2. The molecule has 1 N–H and O–H groups in total. The summed E-state index contributed by atoms with van der Waals surface area (Å²) in [7, 11) is 2.01. The van der Waals surface area contributed by atoms with Gasteiger partial charge in [0, 0.05) is 30.4 Å². The second kappa shape index (κ2) is 6.38. The van der Waals surface area contributed by atoms with E-state index >= 15 is 0 Å². The van der Waals surface area contributed by atoms with Crippen molar-refractivity contribution in [2.75, 3.05) is 18.5 Å². The lowest BCUT2D eigenvalue weighted by Gasteiger charge is -2.31. The number of hydrogen-bond acceptors (Lipinski definition) is 3. The predicted molar refractivity (Wildman–Crippen MR) is 81.8 cm³/mol. The Balaban J connectivity index is 2.40. The molecule has 19 heavy (non-hydrogen) atoms. The van der Waals surface area contributed by atoms with Crippen LogP contribution in [0, 0.1) is 13.8 Å². The molecule has 1 unspecified atom stereocenters. The summed E-state index contributed by atoms with van der Waals surface area (Å²) in [6.45, 7) is 8.69. The van der Waals surface area contributed by atoms with Crippen molar-refractivity contribution in [3.63, 3.8) is 0 Å². The minimum atomic E-state index is 0.604. The summed E-state index contributed by atoms with van der Waals surface area (Å²) in [5.41, 5.74) is 3.85. The van der Waals surface area contributed by atoms with E-state index < -0.39 is 0 Å². The maximum Gasteiger partial charge on any atom is 0.133 e. The SMILES string of the molecule is CNCc1c(C)cc(C)nc1N1CCCCCC1C. The molecule has 1 aliphatic rings. The standard InChI is InChI=1S/C16H27N3/c1-12-10-13(2)18-16(15(12)11-17-4)19-9-7-5-6-8-14(19)3/h10,14,17H,5-9,11H2,1-4H3. The summed E-state index contributed by atoms with van der Waals surface area (Å²) in [5, 5.41) is 3.29. The Morgan fingerprint density at radius 1 is 1.32 bits per heavy atom. The second-order valence-corrected chi connectivity index (χ2v) is 5.80. The van der Waals surface area contributed by atoms with E-state index in [-0.39, 0.29) is 0 Å². The molecular weight excluding hydrogens is 234 g/mol. The molecule has 3 heteroatoms. The van der Waals surface area contributed by atoms with Gasteiger partial charge in [0.25, 0.3) is 0 Å². The number of pyridine rings is 1. The van der Waals surface area contributed by atoms with Gasteiger partial charge in [0.05, 0.1) is 0 Å². The fourth-order valence-electron chi connectivity index (χ4n) is 3.07. The Morgan fingerprint density at radius 2 is 2.11 bits per heavy atom. The van der Waals surface area contributed by atoms with Gasteiger partial charge in [0.2, 0.25) is 0 Å². The van der Waals surface area contributed by atoms with Gasteiger partial charge in [-0.2, -0.15) is 0 Å². The summed E-state index contributed by atoms with van der Waals surface area (Å²) < 4.78 is 0. The van der Waals surface area contributed by atoms with E-state index in [1.165, 1.54) is 42.6 Å². The summed E-state index contributed by atoms with van der Waals surface area (Å²) in [5.74, 6) is 1.21. The van der Waals surface area contributed by atoms with E-state index in [2.05, 4.69) is 37.1 Å². The number of rotatable bonds is 3. The molecule has 1 aromatic heterocycles. The minimum absolute atomic E-state index is 0.604. The first-order chi connectivity index (χ1) is 9.13. The fourth-order valence-corrected chi connectivity index (χ4v) is 3.07. The third kappa shape index (κ3) is 3.27. The highest BCUT2D eigenvalue weighted by atomic mass is 15.2. The average molecular weight is 261 g/mol. The van der Waals surface area contributed by atoms with Gasteiger partial charge >= 0.3 is 0 Å². The fraction of sp³-hybridized carbons (Fsp3) is 0.688. The number of nitrogens with one attached hydrogen (secondary N) is 1. The normalized spacial score (nSPS) is 20.4. The van der Waals surface area contributed by atoms with Crippen LogP contribution in [0.5, 0.6) is 0 Å². The molecular formula is C16H27N3. The van der Waals surface area contributed by atoms with Gasteiger partial charge in [-0.3, -0.25) is 0 Å². The zero-order valence-electron chi connectivity index (χ0n) is 12.8. The van der Waals surface area contributed by atoms with Gasteiger partial charge in [-0.1, -0.05) is 12.8 Å². The zero-order valence-corrected chi connectivity index (χ0v) is 12.8. The number of aromatic nitrogens is 1.